The molecule has 2 nitrogen and oxygen atoms in total. The molecule has 1 atom stereocenters. The maximum atomic E-state index is 11.4. The van der Waals surface area contributed by atoms with E-state index in [1.165, 1.54) is 0 Å². The molecule has 1 unspecified atom stereocenters. The van der Waals surface area contributed by atoms with Crippen molar-refractivity contribution in [3.05, 3.63) is 65.2 Å². The molecule has 0 saturated heterocycles. The molecular formula is C17H16O2. The van der Waals surface area contributed by atoms with Crippen LogP contribution >= 0.6 is 0 Å². The first-order chi connectivity index (χ1) is 9.30. The number of rotatable bonds is 1. The average molecular weight is 252 g/mol. The van der Waals surface area contributed by atoms with Crippen LogP contribution in [0.1, 0.15) is 29.5 Å². The predicted molar refractivity (Wildman–Crippen MR) is 72.9 cm³/mol. The largest absolute Gasteiger partial charge is 0.488 e. The Hall–Kier alpha value is -1.80. The third-order valence-electron chi connectivity index (χ3n) is 4.28. The Kier molecular flexibility index (Phi) is 2.24. The van der Waals surface area contributed by atoms with Gasteiger partial charge in [0.25, 0.3) is 0 Å². The summed E-state index contributed by atoms with van der Waals surface area (Å²) in [7, 11) is 0. The highest BCUT2D eigenvalue weighted by Crippen LogP contribution is 2.53. The van der Waals surface area contributed by atoms with Crippen LogP contribution in [0, 0.1) is 5.92 Å². The fraction of sp³-hybridized carbons (Fsp3) is 0.294. The Balaban J connectivity index is 2.01. The fourth-order valence-electron chi connectivity index (χ4n) is 3.17. The van der Waals surface area contributed by atoms with E-state index in [0.29, 0.717) is 12.5 Å². The summed E-state index contributed by atoms with van der Waals surface area (Å²) in [6, 6.07) is 16.0. The van der Waals surface area contributed by atoms with E-state index in [0.717, 1.165) is 35.3 Å². The zero-order chi connectivity index (χ0) is 12.9. The molecule has 0 amide bonds. The second kappa shape index (κ2) is 3.84. The monoisotopic (exact) mass is 252 g/mol. The molecule has 2 heteroatoms. The van der Waals surface area contributed by atoms with Crippen molar-refractivity contribution in [3.8, 4) is 5.75 Å². The summed E-state index contributed by atoms with van der Waals surface area (Å²) in [5.74, 6) is 1.13. The van der Waals surface area contributed by atoms with E-state index in [9.17, 15) is 5.11 Å². The van der Waals surface area contributed by atoms with Crippen LogP contribution in [-0.2, 0) is 12.2 Å². The Morgan fingerprint density at radius 2 is 1.63 bits per heavy atom. The zero-order valence-electron chi connectivity index (χ0n) is 10.7. The third-order valence-corrected chi connectivity index (χ3v) is 4.28. The molecule has 1 fully saturated rings. The molecule has 1 aliphatic heterocycles. The summed E-state index contributed by atoms with van der Waals surface area (Å²) in [4.78, 5) is 0. The smallest absolute Gasteiger partial charge is 0.126 e. The highest BCUT2D eigenvalue weighted by molar-refractivity contribution is 5.50. The molecule has 1 heterocycles. The van der Waals surface area contributed by atoms with Gasteiger partial charge in [0.2, 0.25) is 0 Å². The molecule has 4 rings (SSSR count). The summed E-state index contributed by atoms with van der Waals surface area (Å²) in [5, 5.41) is 11.4. The highest BCUT2D eigenvalue weighted by atomic mass is 16.5. The van der Waals surface area contributed by atoms with E-state index < -0.39 is 5.60 Å². The Morgan fingerprint density at radius 3 is 2.42 bits per heavy atom. The molecule has 2 aliphatic rings. The van der Waals surface area contributed by atoms with Crippen LogP contribution in [0.15, 0.2) is 48.5 Å². The van der Waals surface area contributed by atoms with Crippen molar-refractivity contribution in [2.24, 2.45) is 5.92 Å². The molecule has 0 spiro atoms. The molecule has 1 saturated carbocycles. The Bertz CT molecular complexity index is 581. The average Bonchev–Trinajstić information content (AvgIpc) is 3.29. The topological polar surface area (TPSA) is 29.5 Å². The number of ether oxygens (including phenoxy) is 1. The summed E-state index contributed by atoms with van der Waals surface area (Å²) < 4.78 is 5.89. The molecule has 2 aromatic carbocycles. The van der Waals surface area contributed by atoms with E-state index in [-0.39, 0.29) is 0 Å². The number of para-hydroxylation sites is 1. The van der Waals surface area contributed by atoms with Gasteiger partial charge in [-0.15, -0.1) is 0 Å². The van der Waals surface area contributed by atoms with E-state index in [1.807, 2.05) is 42.5 Å². The fourth-order valence-corrected chi connectivity index (χ4v) is 3.17. The van der Waals surface area contributed by atoms with Crippen LogP contribution in [0.2, 0.25) is 0 Å². The molecule has 0 aromatic heterocycles. The van der Waals surface area contributed by atoms with Crippen molar-refractivity contribution in [2.45, 2.75) is 25.0 Å². The number of hydrogen-bond acceptors (Lipinski definition) is 2. The normalized spacial score (nSPS) is 24.9. The lowest BCUT2D eigenvalue weighted by Gasteiger charge is -2.30. The van der Waals surface area contributed by atoms with Crippen LogP contribution in [0.5, 0.6) is 5.75 Å². The minimum atomic E-state index is -0.885. The maximum absolute atomic E-state index is 11.4. The quantitative estimate of drug-likeness (QED) is 0.844. The lowest BCUT2D eigenvalue weighted by atomic mass is 9.80. The van der Waals surface area contributed by atoms with Crippen LogP contribution < -0.4 is 4.74 Å². The van der Waals surface area contributed by atoms with Crippen molar-refractivity contribution in [3.63, 3.8) is 0 Å². The summed E-state index contributed by atoms with van der Waals surface area (Å²) in [6.07, 6.45) is 2.17. The van der Waals surface area contributed by atoms with Gasteiger partial charge < -0.3 is 9.84 Å². The Labute approximate surface area is 112 Å². The van der Waals surface area contributed by atoms with Crippen molar-refractivity contribution in [2.75, 3.05) is 0 Å². The molecule has 0 bridgehead atoms. The summed E-state index contributed by atoms with van der Waals surface area (Å²) in [5.41, 5.74) is 2.14. The van der Waals surface area contributed by atoms with Gasteiger partial charge in [0.1, 0.15) is 18.0 Å². The van der Waals surface area contributed by atoms with E-state index in [2.05, 4.69) is 6.07 Å². The van der Waals surface area contributed by atoms with Gasteiger partial charge in [-0.1, -0.05) is 42.5 Å². The second-order valence-electron chi connectivity index (χ2n) is 5.48. The first kappa shape index (κ1) is 11.1. The lowest BCUT2D eigenvalue weighted by molar-refractivity contribution is 0.0558. The zero-order valence-corrected chi connectivity index (χ0v) is 10.7. The van der Waals surface area contributed by atoms with Crippen molar-refractivity contribution >= 4 is 0 Å². The van der Waals surface area contributed by atoms with E-state index >= 15 is 0 Å². The predicted octanol–water partition coefficient (Wildman–Crippen LogP) is 3.22. The maximum Gasteiger partial charge on any atom is 0.126 e. The molecule has 2 aromatic rings. The minimum Gasteiger partial charge on any atom is -0.488 e. The lowest BCUT2D eigenvalue weighted by Crippen LogP contribution is -2.30. The van der Waals surface area contributed by atoms with Crippen LogP contribution in [-0.4, -0.2) is 5.11 Å². The van der Waals surface area contributed by atoms with Crippen molar-refractivity contribution in [1.82, 2.24) is 0 Å². The van der Waals surface area contributed by atoms with Crippen LogP contribution in [0.4, 0.5) is 0 Å². The molecule has 96 valence electrons. The summed E-state index contributed by atoms with van der Waals surface area (Å²) in [6.45, 7) is 0.530. The standard InChI is InChI=1S/C17H16O2/c18-17(13-9-10-13)14-6-2-1-5-12(14)11-19-16-8-4-3-7-15(16)17/h1-8,13,18H,9-11H2. The SMILES string of the molecule is OC1(C2CC2)c2ccccc2COc2ccccc21. The number of fused-ring (bicyclic) bond motifs is 2. The molecular weight excluding hydrogens is 236 g/mol. The molecule has 1 N–H and O–H groups in total. The van der Waals surface area contributed by atoms with Crippen molar-refractivity contribution in [1.29, 1.82) is 0 Å². The van der Waals surface area contributed by atoms with Gasteiger partial charge in [-0.2, -0.15) is 0 Å². The Morgan fingerprint density at radius 1 is 0.947 bits per heavy atom. The third kappa shape index (κ3) is 1.53. The van der Waals surface area contributed by atoms with Crippen molar-refractivity contribution < 1.29 is 9.84 Å². The number of benzene rings is 2. The first-order valence-corrected chi connectivity index (χ1v) is 6.83. The van der Waals surface area contributed by atoms with E-state index in [4.69, 9.17) is 4.74 Å². The molecule has 1 aliphatic carbocycles. The highest BCUT2D eigenvalue weighted by Gasteiger charge is 2.49. The van der Waals surface area contributed by atoms with E-state index in [1.54, 1.807) is 0 Å². The van der Waals surface area contributed by atoms with Gasteiger partial charge in [-0.05, 0) is 36.0 Å². The molecule has 19 heavy (non-hydrogen) atoms. The van der Waals surface area contributed by atoms with Gasteiger partial charge in [-0.25, -0.2) is 0 Å². The molecule has 0 radical (unpaired) electrons. The van der Waals surface area contributed by atoms with Gasteiger partial charge in [0.15, 0.2) is 0 Å². The van der Waals surface area contributed by atoms with Gasteiger partial charge in [-0.3, -0.25) is 0 Å². The minimum absolute atomic E-state index is 0.316. The second-order valence-corrected chi connectivity index (χ2v) is 5.48. The van der Waals surface area contributed by atoms with Gasteiger partial charge in [0, 0.05) is 5.56 Å². The summed E-state index contributed by atoms with van der Waals surface area (Å²) >= 11 is 0. The van der Waals surface area contributed by atoms with Gasteiger partial charge >= 0.3 is 0 Å². The van der Waals surface area contributed by atoms with Gasteiger partial charge in [0.05, 0.1) is 0 Å². The van der Waals surface area contributed by atoms with Crippen LogP contribution in [0.25, 0.3) is 0 Å². The van der Waals surface area contributed by atoms with Crippen LogP contribution in [0.3, 0.4) is 0 Å². The number of aliphatic hydroxyl groups is 1. The number of hydrogen-bond donors (Lipinski definition) is 1. The first-order valence-electron chi connectivity index (χ1n) is 6.83.